The largest absolute Gasteiger partial charge is 0.393 e. The standard InChI is InChI=1S/C30H50O2/c1-20-9-8-14-27(4)17-18-29(6)21(25(27)32-19-20)10-11-23-28(5)15-13-24(31)26(2,3)22(28)12-16-30(23,29)7/h9,21-25,31H,8,10-19H2,1-7H3/b20-9-/t21-,22+,23-,24+,25-,27-,28+,29-,30-/m1/s1. The van der Waals surface area contributed by atoms with Crippen molar-refractivity contribution in [1.82, 2.24) is 0 Å². The van der Waals surface area contributed by atoms with Crippen molar-refractivity contribution in [3.05, 3.63) is 11.6 Å². The molecule has 1 N–H and O–H groups in total. The summed E-state index contributed by atoms with van der Waals surface area (Å²) in [6.07, 6.45) is 15.4. The molecule has 0 spiro atoms. The maximum absolute atomic E-state index is 10.9. The number of hydrogen-bond acceptors (Lipinski definition) is 2. The van der Waals surface area contributed by atoms with Gasteiger partial charge in [-0.25, -0.2) is 0 Å². The van der Waals surface area contributed by atoms with Gasteiger partial charge in [0.2, 0.25) is 0 Å². The van der Waals surface area contributed by atoms with Gasteiger partial charge in [-0.15, -0.1) is 0 Å². The van der Waals surface area contributed by atoms with Crippen LogP contribution in [0.3, 0.4) is 0 Å². The number of aliphatic hydroxyl groups excluding tert-OH is 1. The fraction of sp³-hybridized carbons (Fsp3) is 0.933. The van der Waals surface area contributed by atoms with E-state index in [-0.39, 0.29) is 11.5 Å². The zero-order valence-corrected chi connectivity index (χ0v) is 22.1. The monoisotopic (exact) mass is 442 g/mol. The van der Waals surface area contributed by atoms with Crippen molar-refractivity contribution in [2.24, 2.45) is 44.8 Å². The Balaban J connectivity index is 1.51. The van der Waals surface area contributed by atoms with Gasteiger partial charge in [-0.1, -0.05) is 53.2 Å². The van der Waals surface area contributed by atoms with Crippen molar-refractivity contribution in [2.45, 2.75) is 125 Å². The topological polar surface area (TPSA) is 29.5 Å². The summed E-state index contributed by atoms with van der Waals surface area (Å²) in [5.74, 6) is 2.12. The summed E-state index contributed by atoms with van der Waals surface area (Å²) in [7, 11) is 0. The Labute approximate surface area is 198 Å². The number of hydrogen-bond donors (Lipinski definition) is 1. The van der Waals surface area contributed by atoms with Crippen molar-refractivity contribution >= 4 is 0 Å². The molecular formula is C30H50O2. The lowest BCUT2D eigenvalue weighted by Crippen LogP contribution is -2.67. The van der Waals surface area contributed by atoms with Crippen LogP contribution in [0.15, 0.2) is 11.6 Å². The second-order valence-corrected chi connectivity index (χ2v) is 14.5. The van der Waals surface area contributed by atoms with Gasteiger partial charge in [0.05, 0.1) is 18.8 Å². The Bertz CT molecular complexity index is 784. The summed E-state index contributed by atoms with van der Waals surface area (Å²) < 4.78 is 6.84. The molecule has 2 nitrogen and oxygen atoms in total. The molecule has 0 aromatic rings. The van der Waals surface area contributed by atoms with Gasteiger partial charge in [0.15, 0.2) is 0 Å². The SMILES string of the molecule is C/C1=C/CC[C@]2(C)CC[C@]3(C)[C@H](CC[C@@H]4[C@@]5(C)CC[C@H](O)C(C)(C)[C@@H]5CC[C@]43C)[C@H]2OC1. The normalized spacial score (nSPS) is 56.9. The van der Waals surface area contributed by atoms with Gasteiger partial charge in [0.1, 0.15) is 0 Å². The number of allylic oxidation sites excluding steroid dienone is 1. The Hall–Kier alpha value is -0.340. The highest BCUT2D eigenvalue weighted by atomic mass is 16.5. The summed E-state index contributed by atoms with van der Waals surface area (Å²) in [6, 6.07) is 0. The summed E-state index contributed by atoms with van der Waals surface area (Å²) in [5.41, 5.74) is 2.93. The van der Waals surface area contributed by atoms with Crippen LogP contribution in [0.2, 0.25) is 0 Å². The van der Waals surface area contributed by atoms with Gasteiger partial charge >= 0.3 is 0 Å². The van der Waals surface area contributed by atoms with E-state index in [1.165, 1.54) is 63.4 Å². The zero-order valence-electron chi connectivity index (χ0n) is 22.1. The van der Waals surface area contributed by atoms with Gasteiger partial charge in [-0.3, -0.25) is 0 Å². The van der Waals surface area contributed by atoms with Crippen LogP contribution >= 0.6 is 0 Å². The molecule has 1 aliphatic heterocycles. The quantitative estimate of drug-likeness (QED) is 0.392. The van der Waals surface area contributed by atoms with Crippen molar-refractivity contribution in [2.75, 3.05) is 6.61 Å². The fourth-order valence-corrected chi connectivity index (χ4v) is 10.6. The maximum Gasteiger partial charge on any atom is 0.0678 e. The molecule has 32 heavy (non-hydrogen) atoms. The molecule has 0 aromatic heterocycles. The van der Waals surface area contributed by atoms with E-state index in [4.69, 9.17) is 4.74 Å². The van der Waals surface area contributed by atoms with Crippen molar-refractivity contribution in [1.29, 1.82) is 0 Å². The van der Waals surface area contributed by atoms with Crippen molar-refractivity contribution in [3.8, 4) is 0 Å². The minimum Gasteiger partial charge on any atom is -0.393 e. The Morgan fingerprint density at radius 2 is 1.56 bits per heavy atom. The lowest BCUT2D eigenvalue weighted by atomic mass is 9.33. The first-order valence-corrected chi connectivity index (χ1v) is 13.8. The molecule has 9 atom stereocenters. The summed E-state index contributed by atoms with van der Waals surface area (Å²) in [5, 5.41) is 10.9. The Morgan fingerprint density at radius 3 is 2.31 bits per heavy atom. The molecule has 2 heteroatoms. The van der Waals surface area contributed by atoms with Gasteiger partial charge in [0, 0.05) is 0 Å². The van der Waals surface area contributed by atoms with Gasteiger partial charge < -0.3 is 9.84 Å². The van der Waals surface area contributed by atoms with Gasteiger partial charge in [-0.05, 0) is 116 Å². The highest BCUT2D eigenvalue weighted by molar-refractivity contribution is 5.18. The molecule has 4 fully saturated rings. The van der Waals surface area contributed by atoms with Crippen molar-refractivity contribution < 1.29 is 9.84 Å². The van der Waals surface area contributed by atoms with Gasteiger partial charge in [0.25, 0.3) is 0 Å². The molecule has 182 valence electrons. The highest BCUT2D eigenvalue weighted by Crippen LogP contribution is 2.75. The molecule has 4 aliphatic carbocycles. The van der Waals surface area contributed by atoms with Crippen LogP contribution in [0.25, 0.3) is 0 Å². The van der Waals surface area contributed by atoms with Crippen LogP contribution in [0.4, 0.5) is 0 Å². The van der Waals surface area contributed by atoms with E-state index in [9.17, 15) is 5.11 Å². The predicted octanol–water partition coefficient (Wildman–Crippen LogP) is 7.55. The highest BCUT2D eigenvalue weighted by Gasteiger charge is 2.69. The third-order valence-corrected chi connectivity index (χ3v) is 12.9. The molecule has 4 saturated carbocycles. The Morgan fingerprint density at radius 1 is 0.812 bits per heavy atom. The second kappa shape index (κ2) is 7.33. The number of fused-ring (bicyclic) bond motifs is 7. The van der Waals surface area contributed by atoms with Gasteiger partial charge in [-0.2, -0.15) is 0 Å². The molecule has 0 saturated heterocycles. The molecule has 0 aromatic carbocycles. The molecular weight excluding hydrogens is 392 g/mol. The first-order chi connectivity index (χ1) is 14.9. The van der Waals surface area contributed by atoms with E-state index in [0.717, 1.165) is 18.9 Å². The average Bonchev–Trinajstić information content (AvgIpc) is 2.71. The Kier molecular flexibility index (Phi) is 5.36. The summed E-state index contributed by atoms with van der Waals surface area (Å²) in [6.45, 7) is 18.4. The van der Waals surface area contributed by atoms with E-state index in [1.54, 1.807) is 0 Å². The molecule has 1 heterocycles. The first-order valence-electron chi connectivity index (χ1n) is 13.8. The molecule has 0 bridgehead atoms. The van der Waals surface area contributed by atoms with Crippen LogP contribution in [-0.2, 0) is 4.74 Å². The predicted molar refractivity (Wildman–Crippen MR) is 132 cm³/mol. The van der Waals surface area contributed by atoms with Crippen LogP contribution in [0, 0.1) is 44.8 Å². The molecule has 0 unspecified atom stereocenters. The van der Waals surface area contributed by atoms with E-state index >= 15 is 0 Å². The minimum atomic E-state index is -0.133. The summed E-state index contributed by atoms with van der Waals surface area (Å²) >= 11 is 0. The summed E-state index contributed by atoms with van der Waals surface area (Å²) in [4.78, 5) is 0. The molecule has 5 aliphatic rings. The van der Waals surface area contributed by atoms with Crippen LogP contribution in [-0.4, -0.2) is 23.9 Å². The second-order valence-electron chi connectivity index (χ2n) is 14.5. The zero-order chi connectivity index (χ0) is 23.2. The van der Waals surface area contributed by atoms with E-state index in [1.807, 2.05) is 0 Å². The molecule has 0 radical (unpaired) electrons. The fourth-order valence-electron chi connectivity index (χ4n) is 10.6. The third kappa shape index (κ3) is 2.96. The van der Waals surface area contributed by atoms with Crippen molar-refractivity contribution in [3.63, 3.8) is 0 Å². The molecule has 5 rings (SSSR count). The van der Waals surface area contributed by atoms with E-state index < -0.39 is 0 Å². The number of rotatable bonds is 0. The van der Waals surface area contributed by atoms with Crippen LogP contribution in [0.1, 0.15) is 113 Å². The lowest BCUT2D eigenvalue weighted by Gasteiger charge is -2.72. The van der Waals surface area contributed by atoms with Crippen LogP contribution < -0.4 is 0 Å². The number of aliphatic hydroxyl groups is 1. The smallest absolute Gasteiger partial charge is 0.0678 e. The van der Waals surface area contributed by atoms with E-state index in [2.05, 4.69) is 54.5 Å². The number of ether oxygens (including phenoxy) is 1. The first kappa shape index (κ1) is 23.4. The van der Waals surface area contributed by atoms with Crippen LogP contribution in [0.5, 0.6) is 0 Å². The molecule has 0 amide bonds. The van der Waals surface area contributed by atoms with E-state index in [0.29, 0.717) is 39.6 Å². The minimum absolute atomic E-state index is 0.0454. The maximum atomic E-state index is 10.9. The lowest BCUT2D eigenvalue weighted by molar-refractivity contribution is -0.261. The third-order valence-electron chi connectivity index (χ3n) is 12.9. The average molecular weight is 443 g/mol.